The summed E-state index contributed by atoms with van der Waals surface area (Å²) in [5, 5.41) is 3.94. The second kappa shape index (κ2) is 6.68. The summed E-state index contributed by atoms with van der Waals surface area (Å²) in [4.78, 5) is 16.8. The zero-order chi connectivity index (χ0) is 19.0. The van der Waals surface area contributed by atoms with Crippen LogP contribution in [-0.4, -0.2) is 10.9 Å². The lowest BCUT2D eigenvalue weighted by atomic mass is 10.1. The zero-order valence-electron chi connectivity index (χ0n) is 14.3. The number of halogens is 3. The number of carbonyl (C=O) groups excluding carboxylic acids is 1. The molecule has 1 aromatic heterocycles. The van der Waals surface area contributed by atoms with E-state index in [-0.39, 0.29) is 17.7 Å². The minimum absolute atomic E-state index is 0.0158. The van der Waals surface area contributed by atoms with Crippen LogP contribution in [-0.2, 0) is 17.5 Å². The van der Waals surface area contributed by atoms with Crippen molar-refractivity contribution in [3.8, 4) is 0 Å². The molecule has 3 nitrogen and oxygen atoms in total. The fourth-order valence-corrected chi connectivity index (χ4v) is 3.40. The van der Waals surface area contributed by atoms with Gasteiger partial charge in [-0.2, -0.15) is 13.2 Å². The molecule has 1 aliphatic carbocycles. The fraction of sp³-hybridized carbons (Fsp3) is 0.238. The van der Waals surface area contributed by atoms with E-state index >= 15 is 0 Å². The van der Waals surface area contributed by atoms with Gasteiger partial charge in [-0.1, -0.05) is 36.4 Å². The van der Waals surface area contributed by atoms with Crippen LogP contribution in [0.4, 0.5) is 13.2 Å². The van der Waals surface area contributed by atoms with Crippen LogP contribution in [0.2, 0.25) is 0 Å². The Morgan fingerprint density at radius 1 is 1.07 bits per heavy atom. The third-order valence-electron chi connectivity index (χ3n) is 4.96. The van der Waals surface area contributed by atoms with E-state index in [1.807, 2.05) is 30.3 Å². The molecule has 2 atom stereocenters. The molecule has 0 radical (unpaired) electrons. The molecule has 0 unspecified atom stereocenters. The molecular weight excluding hydrogens is 353 g/mol. The number of benzene rings is 2. The van der Waals surface area contributed by atoms with Gasteiger partial charge in [0, 0.05) is 24.0 Å². The predicted octanol–water partition coefficient (Wildman–Crippen LogP) is 4.67. The first-order valence-electron chi connectivity index (χ1n) is 8.71. The molecule has 0 saturated heterocycles. The highest BCUT2D eigenvalue weighted by Gasteiger charge is 2.44. The summed E-state index contributed by atoms with van der Waals surface area (Å²) in [6, 6.07) is 14.7. The molecule has 4 rings (SSSR count). The van der Waals surface area contributed by atoms with Crippen molar-refractivity contribution in [1.82, 2.24) is 10.3 Å². The van der Waals surface area contributed by atoms with Gasteiger partial charge in [0.1, 0.15) is 0 Å². The Bertz CT molecular complexity index is 977. The number of hydrogen-bond donors (Lipinski definition) is 1. The number of pyridine rings is 1. The summed E-state index contributed by atoms with van der Waals surface area (Å²) in [7, 11) is 0. The molecule has 0 spiro atoms. The average molecular weight is 370 g/mol. The van der Waals surface area contributed by atoms with E-state index in [1.165, 1.54) is 12.1 Å². The second-order valence-corrected chi connectivity index (χ2v) is 6.78. The predicted molar refractivity (Wildman–Crippen MR) is 95.9 cm³/mol. The molecule has 1 saturated carbocycles. The Hall–Kier alpha value is -2.89. The molecule has 6 heteroatoms. The molecule has 1 heterocycles. The normalized spacial score (nSPS) is 19.1. The molecule has 1 N–H and O–H groups in total. The van der Waals surface area contributed by atoms with Gasteiger partial charge in [-0.25, -0.2) is 0 Å². The van der Waals surface area contributed by atoms with Crippen LogP contribution in [0.25, 0.3) is 10.9 Å². The van der Waals surface area contributed by atoms with Crippen molar-refractivity contribution in [1.29, 1.82) is 0 Å². The van der Waals surface area contributed by atoms with Crippen molar-refractivity contribution in [2.24, 2.45) is 5.92 Å². The number of amides is 1. The lowest BCUT2D eigenvalue weighted by Crippen LogP contribution is -2.25. The molecule has 138 valence electrons. The first-order valence-corrected chi connectivity index (χ1v) is 8.71. The molecule has 1 amide bonds. The minimum atomic E-state index is -4.34. The van der Waals surface area contributed by atoms with Gasteiger partial charge in [0.2, 0.25) is 5.91 Å². The number of nitrogens with one attached hydrogen (secondary N) is 1. The number of aromatic nitrogens is 1. The fourth-order valence-electron chi connectivity index (χ4n) is 3.40. The highest BCUT2D eigenvalue weighted by Crippen LogP contribution is 2.48. The molecule has 0 bridgehead atoms. The second-order valence-electron chi connectivity index (χ2n) is 6.78. The van der Waals surface area contributed by atoms with Gasteiger partial charge in [0.05, 0.1) is 11.1 Å². The van der Waals surface area contributed by atoms with Crippen LogP contribution in [0.1, 0.15) is 29.0 Å². The smallest absolute Gasteiger partial charge is 0.352 e. The number of alkyl halides is 3. The number of para-hydroxylation sites is 1. The third kappa shape index (κ3) is 3.65. The maximum atomic E-state index is 12.6. The largest absolute Gasteiger partial charge is 0.416 e. The molecule has 0 aliphatic heterocycles. The zero-order valence-corrected chi connectivity index (χ0v) is 14.3. The topological polar surface area (TPSA) is 42.0 Å². The lowest BCUT2D eigenvalue weighted by molar-refractivity contribution is -0.137. The van der Waals surface area contributed by atoms with E-state index < -0.39 is 11.7 Å². The van der Waals surface area contributed by atoms with Crippen molar-refractivity contribution < 1.29 is 18.0 Å². The lowest BCUT2D eigenvalue weighted by Gasteiger charge is -2.09. The summed E-state index contributed by atoms with van der Waals surface area (Å²) in [6.07, 6.45) is -1.97. The molecule has 3 aromatic rings. The van der Waals surface area contributed by atoms with Crippen LogP contribution >= 0.6 is 0 Å². The minimum Gasteiger partial charge on any atom is -0.352 e. The van der Waals surface area contributed by atoms with Gasteiger partial charge in [-0.3, -0.25) is 9.78 Å². The van der Waals surface area contributed by atoms with E-state index in [4.69, 9.17) is 0 Å². The van der Waals surface area contributed by atoms with Crippen LogP contribution in [0.3, 0.4) is 0 Å². The molecule has 2 aromatic carbocycles. The Morgan fingerprint density at radius 3 is 2.56 bits per heavy atom. The van der Waals surface area contributed by atoms with Gasteiger partial charge in [0.15, 0.2) is 0 Å². The average Bonchev–Trinajstić information content (AvgIpc) is 3.46. The van der Waals surface area contributed by atoms with Gasteiger partial charge >= 0.3 is 6.18 Å². The van der Waals surface area contributed by atoms with E-state index in [0.29, 0.717) is 13.0 Å². The van der Waals surface area contributed by atoms with Crippen LogP contribution in [0, 0.1) is 5.92 Å². The van der Waals surface area contributed by atoms with Crippen molar-refractivity contribution in [3.05, 3.63) is 77.5 Å². The molecule has 1 fully saturated rings. The van der Waals surface area contributed by atoms with Gasteiger partial charge in [-0.05, 0) is 41.7 Å². The first-order chi connectivity index (χ1) is 12.9. The molecule has 27 heavy (non-hydrogen) atoms. The summed E-state index contributed by atoms with van der Waals surface area (Å²) in [6.45, 7) is 0.378. The van der Waals surface area contributed by atoms with Crippen LogP contribution in [0.5, 0.6) is 0 Å². The Balaban J connectivity index is 1.39. The third-order valence-corrected chi connectivity index (χ3v) is 4.96. The monoisotopic (exact) mass is 370 g/mol. The maximum absolute atomic E-state index is 12.6. The van der Waals surface area contributed by atoms with Crippen LogP contribution < -0.4 is 5.32 Å². The standard InChI is InChI=1S/C21H17F3N2O/c22-21(23,24)16-8-6-13(7-9-16)17-11-18(17)20(27)26-12-15-4-1-3-14-5-2-10-25-19(14)15/h1-10,17-18H,11-12H2,(H,26,27)/t17-,18+/m0/s1. The van der Waals surface area contributed by atoms with Gasteiger partial charge < -0.3 is 5.32 Å². The van der Waals surface area contributed by atoms with E-state index in [0.717, 1.165) is 34.2 Å². The van der Waals surface area contributed by atoms with E-state index in [2.05, 4.69) is 10.3 Å². The van der Waals surface area contributed by atoms with Crippen molar-refractivity contribution in [2.75, 3.05) is 0 Å². The number of hydrogen-bond acceptors (Lipinski definition) is 2. The summed E-state index contributed by atoms with van der Waals surface area (Å²) in [5.41, 5.74) is 1.90. The summed E-state index contributed by atoms with van der Waals surface area (Å²) >= 11 is 0. The Morgan fingerprint density at radius 2 is 1.81 bits per heavy atom. The highest BCUT2D eigenvalue weighted by molar-refractivity contribution is 5.85. The first kappa shape index (κ1) is 17.5. The van der Waals surface area contributed by atoms with E-state index in [1.54, 1.807) is 6.20 Å². The Kier molecular flexibility index (Phi) is 4.34. The van der Waals surface area contributed by atoms with Gasteiger partial charge in [-0.15, -0.1) is 0 Å². The summed E-state index contributed by atoms with van der Waals surface area (Å²) < 4.78 is 37.9. The van der Waals surface area contributed by atoms with E-state index in [9.17, 15) is 18.0 Å². The quantitative estimate of drug-likeness (QED) is 0.725. The van der Waals surface area contributed by atoms with Crippen molar-refractivity contribution in [3.63, 3.8) is 0 Å². The number of nitrogens with zero attached hydrogens (tertiary/aromatic N) is 1. The highest BCUT2D eigenvalue weighted by atomic mass is 19.4. The maximum Gasteiger partial charge on any atom is 0.416 e. The number of fused-ring (bicyclic) bond motifs is 1. The number of rotatable bonds is 4. The van der Waals surface area contributed by atoms with Crippen molar-refractivity contribution >= 4 is 16.8 Å². The molecule has 1 aliphatic rings. The summed E-state index contributed by atoms with van der Waals surface area (Å²) in [5.74, 6) is -0.282. The number of carbonyl (C=O) groups is 1. The molecular formula is C21H17F3N2O. The SMILES string of the molecule is O=C(NCc1cccc2cccnc12)[C@@H]1C[C@H]1c1ccc(C(F)(F)F)cc1. The van der Waals surface area contributed by atoms with Crippen molar-refractivity contribution in [2.45, 2.75) is 25.1 Å². The van der Waals surface area contributed by atoms with Gasteiger partial charge in [0.25, 0.3) is 0 Å². The Labute approximate surface area is 154 Å². The van der Waals surface area contributed by atoms with Crippen LogP contribution in [0.15, 0.2) is 60.8 Å².